The van der Waals surface area contributed by atoms with Crippen molar-refractivity contribution < 1.29 is 4.74 Å². The third-order valence-electron chi connectivity index (χ3n) is 11.4. The maximum absolute atomic E-state index is 7.03. The van der Waals surface area contributed by atoms with Gasteiger partial charge < -0.3 is 9.64 Å². The van der Waals surface area contributed by atoms with E-state index in [0.29, 0.717) is 0 Å². The first kappa shape index (κ1) is 30.4. The Kier molecular flexibility index (Phi) is 6.78. The molecule has 1 aliphatic heterocycles. The summed E-state index contributed by atoms with van der Waals surface area (Å²) < 4.78 is 7.03. The molecule has 0 aromatic heterocycles. The van der Waals surface area contributed by atoms with Crippen molar-refractivity contribution >= 4 is 27.8 Å². The van der Waals surface area contributed by atoms with Gasteiger partial charge in [0.15, 0.2) is 5.75 Å². The van der Waals surface area contributed by atoms with Gasteiger partial charge in [0.1, 0.15) is 5.75 Å². The molecule has 52 heavy (non-hydrogen) atoms. The Labute approximate surface area is 305 Å². The predicted octanol–water partition coefficient (Wildman–Crippen LogP) is 13.1. The molecule has 10 rings (SSSR count). The summed E-state index contributed by atoms with van der Waals surface area (Å²) in [5, 5.41) is 2.36. The van der Waals surface area contributed by atoms with Crippen molar-refractivity contribution in [2.24, 2.45) is 0 Å². The van der Waals surface area contributed by atoms with E-state index in [1.807, 2.05) is 0 Å². The number of anilines is 3. The highest BCUT2D eigenvalue weighted by molar-refractivity contribution is 6.01. The number of fused-ring (bicyclic) bond motifs is 6. The van der Waals surface area contributed by atoms with Crippen LogP contribution in [0.25, 0.3) is 21.9 Å². The van der Waals surface area contributed by atoms with Crippen LogP contribution in [0.15, 0.2) is 188 Å². The van der Waals surface area contributed by atoms with Gasteiger partial charge in [0.25, 0.3) is 0 Å². The van der Waals surface area contributed by atoms with Crippen LogP contribution < -0.4 is 9.64 Å². The molecular formula is C50H37NO. The molecule has 1 heterocycles. The zero-order chi connectivity index (χ0) is 34.9. The number of rotatable bonds is 5. The molecule has 0 atom stereocenters. The molecular weight excluding hydrogens is 631 g/mol. The van der Waals surface area contributed by atoms with Gasteiger partial charge in [0.05, 0.1) is 22.5 Å². The van der Waals surface area contributed by atoms with Crippen LogP contribution in [-0.2, 0) is 10.8 Å². The summed E-state index contributed by atoms with van der Waals surface area (Å²) in [4.78, 5) is 2.47. The summed E-state index contributed by atoms with van der Waals surface area (Å²) in [6.07, 6.45) is 0. The number of hydrogen-bond acceptors (Lipinski definition) is 2. The van der Waals surface area contributed by atoms with Crippen LogP contribution in [0.5, 0.6) is 11.5 Å². The van der Waals surface area contributed by atoms with Gasteiger partial charge in [-0.15, -0.1) is 0 Å². The second-order valence-electron chi connectivity index (χ2n) is 14.4. The lowest BCUT2D eigenvalue weighted by atomic mass is 9.67. The topological polar surface area (TPSA) is 12.5 Å². The Hall–Kier alpha value is -6.38. The van der Waals surface area contributed by atoms with Crippen molar-refractivity contribution in [2.75, 3.05) is 4.90 Å². The lowest BCUT2D eigenvalue weighted by molar-refractivity contribution is 0.419. The van der Waals surface area contributed by atoms with Crippen molar-refractivity contribution in [3.8, 4) is 22.6 Å². The standard InChI is InChI=1S/C50H37NO/c1-49(2)42-28-13-15-33-47(42)52-48-43(49)29-17-32-46(48)51(44-31-16-19-34-18-6-7-22-36(34)44)45-30-14-12-27-41(45)50(35-20-4-3-5-21-35)39-25-10-8-23-37(39)38-24-9-11-26-40(38)50/h3-33H,1-2H3. The highest BCUT2D eigenvalue weighted by Gasteiger charge is 2.48. The first-order valence-corrected chi connectivity index (χ1v) is 18.1. The fraction of sp³-hybridized carbons (Fsp3) is 0.0800. The molecule has 0 radical (unpaired) electrons. The monoisotopic (exact) mass is 667 g/mol. The Bertz CT molecular complexity index is 2600. The smallest absolute Gasteiger partial charge is 0.155 e. The van der Waals surface area contributed by atoms with Gasteiger partial charge >= 0.3 is 0 Å². The van der Waals surface area contributed by atoms with Crippen LogP contribution in [-0.4, -0.2) is 0 Å². The van der Waals surface area contributed by atoms with Crippen molar-refractivity contribution in [3.63, 3.8) is 0 Å². The number of ether oxygens (including phenoxy) is 1. The molecule has 2 aliphatic rings. The van der Waals surface area contributed by atoms with Crippen molar-refractivity contribution in [2.45, 2.75) is 24.7 Å². The van der Waals surface area contributed by atoms with E-state index >= 15 is 0 Å². The van der Waals surface area contributed by atoms with Crippen LogP contribution in [0.3, 0.4) is 0 Å². The zero-order valence-corrected chi connectivity index (χ0v) is 29.3. The van der Waals surface area contributed by atoms with E-state index in [-0.39, 0.29) is 5.41 Å². The van der Waals surface area contributed by atoms with Crippen LogP contribution in [0.4, 0.5) is 17.1 Å². The highest BCUT2D eigenvalue weighted by atomic mass is 16.5. The minimum absolute atomic E-state index is 0.265. The number of hydrogen-bond donors (Lipinski definition) is 0. The molecule has 2 nitrogen and oxygen atoms in total. The van der Waals surface area contributed by atoms with E-state index in [0.717, 1.165) is 28.6 Å². The summed E-state index contributed by atoms with van der Waals surface area (Å²) in [5.41, 5.74) is 12.3. The van der Waals surface area contributed by atoms with E-state index < -0.39 is 5.41 Å². The van der Waals surface area contributed by atoms with Crippen molar-refractivity contribution in [1.82, 2.24) is 0 Å². The second kappa shape index (κ2) is 11.6. The Balaban J connectivity index is 1.33. The van der Waals surface area contributed by atoms with Gasteiger partial charge in [-0.3, -0.25) is 0 Å². The lowest BCUT2D eigenvalue weighted by Gasteiger charge is -2.40. The summed E-state index contributed by atoms with van der Waals surface area (Å²) >= 11 is 0. The molecule has 0 saturated heterocycles. The van der Waals surface area contributed by atoms with Crippen molar-refractivity contribution in [1.29, 1.82) is 0 Å². The summed E-state index contributed by atoms with van der Waals surface area (Å²) in [6.45, 7) is 4.62. The molecule has 0 amide bonds. The van der Waals surface area contributed by atoms with E-state index in [1.54, 1.807) is 0 Å². The van der Waals surface area contributed by atoms with Crippen LogP contribution >= 0.6 is 0 Å². The molecule has 0 spiro atoms. The van der Waals surface area contributed by atoms with Crippen LogP contribution in [0.2, 0.25) is 0 Å². The summed E-state index contributed by atoms with van der Waals surface area (Å²) in [7, 11) is 0. The molecule has 0 fully saturated rings. The molecule has 0 bridgehead atoms. The van der Waals surface area contributed by atoms with Gasteiger partial charge in [-0.2, -0.15) is 0 Å². The fourth-order valence-corrected chi connectivity index (χ4v) is 9.09. The summed E-state index contributed by atoms with van der Waals surface area (Å²) in [5.74, 6) is 1.79. The summed E-state index contributed by atoms with van der Waals surface area (Å²) in [6, 6.07) is 68.5. The van der Waals surface area contributed by atoms with Gasteiger partial charge in [0, 0.05) is 21.9 Å². The quantitative estimate of drug-likeness (QED) is 0.181. The molecule has 8 aromatic carbocycles. The minimum Gasteiger partial charge on any atom is -0.455 e. The van der Waals surface area contributed by atoms with E-state index in [1.165, 1.54) is 55.3 Å². The predicted molar refractivity (Wildman–Crippen MR) is 215 cm³/mol. The number of nitrogens with zero attached hydrogens (tertiary/aromatic N) is 1. The molecule has 0 saturated carbocycles. The average Bonchev–Trinajstić information content (AvgIpc) is 3.50. The number of benzene rings is 8. The van der Waals surface area contributed by atoms with Crippen LogP contribution in [0, 0.1) is 0 Å². The van der Waals surface area contributed by atoms with Gasteiger partial charge in [-0.05, 0) is 63.0 Å². The fourth-order valence-electron chi connectivity index (χ4n) is 9.09. The van der Waals surface area contributed by atoms with E-state index in [9.17, 15) is 0 Å². The first-order valence-electron chi connectivity index (χ1n) is 18.1. The first-order chi connectivity index (χ1) is 25.6. The second-order valence-corrected chi connectivity index (χ2v) is 14.4. The molecule has 0 N–H and O–H groups in total. The van der Waals surface area contributed by atoms with E-state index in [2.05, 4.69) is 207 Å². The van der Waals surface area contributed by atoms with E-state index in [4.69, 9.17) is 4.74 Å². The molecule has 1 aliphatic carbocycles. The lowest BCUT2D eigenvalue weighted by Crippen LogP contribution is -2.31. The maximum atomic E-state index is 7.03. The Morgan fingerprint density at radius 1 is 0.404 bits per heavy atom. The van der Waals surface area contributed by atoms with Crippen LogP contribution in [0.1, 0.15) is 47.2 Å². The zero-order valence-electron chi connectivity index (χ0n) is 29.3. The largest absolute Gasteiger partial charge is 0.455 e. The number of para-hydroxylation sites is 3. The SMILES string of the molecule is CC1(C)c2ccccc2Oc2c(N(c3ccccc3C3(c4ccccc4)c4ccccc4-c4ccccc43)c3cccc4ccccc34)cccc21. The molecule has 2 heteroatoms. The maximum Gasteiger partial charge on any atom is 0.155 e. The van der Waals surface area contributed by atoms with Gasteiger partial charge in [-0.25, -0.2) is 0 Å². The average molecular weight is 668 g/mol. The molecule has 248 valence electrons. The molecule has 0 unspecified atom stereocenters. The van der Waals surface area contributed by atoms with Crippen molar-refractivity contribution in [3.05, 3.63) is 221 Å². The highest BCUT2D eigenvalue weighted by Crippen LogP contribution is 2.60. The van der Waals surface area contributed by atoms with Gasteiger partial charge in [-0.1, -0.05) is 178 Å². The normalized spacial score (nSPS) is 14.4. The molecule has 8 aromatic rings. The van der Waals surface area contributed by atoms with Gasteiger partial charge in [0.2, 0.25) is 0 Å². The Morgan fingerprint density at radius 2 is 0.923 bits per heavy atom. The third kappa shape index (κ3) is 4.25. The minimum atomic E-state index is -0.588. The third-order valence-corrected chi connectivity index (χ3v) is 11.4. The Morgan fingerprint density at radius 3 is 1.69 bits per heavy atom.